The van der Waals surface area contributed by atoms with Gasteiger partial charge in [0, 0.05) is 15.7 Å². The van der Waals surface area contributed by atoms with Crippen molar-refractivity contribution in [2.75, 3.05) is 19.0 Å². The van der Waals surface area contributed by atoms with E-state index in [2.05, 4.69) is 31.8 Å². The van der Waals surface area contributed by atoms with Crippen LogP contribution in [-0.2, 0) is 4.79 Å². The van der Waals surface area contributed by atoms with Gasteiger partial charge in [0.05, 0.1) is 13.3 Å². The first-order valence-corrected chi connectivity index (χ1v) is 10.5. The second-order valence-corrected chi connectivity index (χ2v) is 7.73. The zero-order chi connectivity index (χ0) is 22.9. The Kier molecular flexibility index (Phi) is 7.99. The van der Waals surface area contributed by atoms with Crippen LogP contribution in [0.4, 0.5) is 5.69 Å². The number of aryl methyl sites for hydroxylation is 1. The lowest BCUT2D eigenvalue weighted by Gasteiger charge is -2.11. The molecule has 0 fully saturated rings. The highest BCUT2D eigenvalue weighted by Crippen LogP contribution is 2.27. The van der Waals surface area contributed by atoms with Crippen LogP contribution in [0.3, 0.4) is 0 Å². The summed E-state index contributed by atoms with van der Waals surface area (Å²) in [6, 6.07) is 19.6. The van der Waals surface area contributed by atoms with Crippen LogP contribution in [0.2, 0.25) is 0 Å². The number of halogens is 1. The summed E-state index contributed by atoms with van der Waals surface area (Å²) in [5.74, 6) is 0.261. The molecule has 164 valence electrons. The van der Waals surface area contributed by atoms with Gasteiger partial charge in [0.2, 0.25) is 0 Å². The Bertz CT molecular complexity index is 1110. The Labute approximate surface area is 194 Å². The van der Waals surface area contributed by atoms with Crippen LogP contribution >= 0.6 is 15.9 Å². The van der Waals surface area contributed by atoms with E-state index < -0.39 is 0 Å². The van der Waals surface area contributed by atoms with Crippen molar-refractivity contribution < 1.29 is 19.1 Å². The third kappa shape index (κ3) is 6.68. The summed E-state index contributed by atoms with van der Waals surface area (Å²) in [5, 5.41) is 6.75. The third-order valence-corrected chi connectivity index (χ3v) is 4.90. The van der Waals surface area contributed by atoms with Crippen LogP contribution in [0.1, 0.15) is 21.5 Å². The Morgan fingerprint density at radius 3 is 2.41 bits per heavy atom. The maximum absolute atomic E-state index is 12.1. The first-order valence-electron chi connectivity index (χ1n) is 9.71. The minimum atomic E-state index is -0.319. The van der Waals surface area contributed by atoms with E-state index in [-0.39, 0.29) is 18.4 Å². The van der Waals surface area contributed by atoms with Crippen molar-refractivity contribution in [3.05, 3.63) is 87.9 Å². The van der Waals surface area contributed by atoms with Crippen LogP contribution in [-0.4, -0.2) is 31.7 Å². The van der Waals surface area contributed by atoms with Crippen molar-refractivity contribution in [2.45, 2.75) is 6.92 Å². The van der Waals surface area contributed by atoms with E-state index in [1.54, 1.807) is 42.5 Å². The average molecular weight is 496 g/mol. The predicted molar refractivity (Wildman–Crippen MR) is 127 cm³/mol. The summed E-state index contributed by atoms with van der Waals surface area (Å²) in [4.78, 5) is 24.2. The van der Waals surface area contributed by atoms with Crippen molar-refractivity contribution in [3.8, 4) is 11.5 Å². The minimum Gasteiger partial charge on any atom is -0.493 e. The van der Waals surface area contributed by atoms with Crippen molar-refractivity contribution in [2.24, 2.45) is 5.10 Å². The molecule has 32 heavy (non-hydrogen) atoms. The Balaban J connectivity index is 1.55. The largest absolute Gasteiger partial charge is 0.493 e. The number of carbonyl (C=O) groups is 2. The Hall–Kier alpha value is -3.65. The van der Waals surface area contributed by atoms with Gasteiger partial charge in [0.1, 0.15) is 0 Å². The lowest BCUT2D eigenvalue weighted by Crippen LogP contribution is -2.20. The highest BCUT2D eigenvalue weighted by atomic mass is 79.9. The number of carbonyl (C=O) groups excluding carboxylic acids is 2. The fraction of sp³-hybridized carbons (Fsp3) is 0.125. The number of nitrogens with zero attached hydrogens (tertiary/aromatic N) is 1. The number of rotatable bonds is 8. The molecule has 0 aromatic heterocycles. The molecular formula is C24H22BrN3O4. The van der Waals surface area contributed by atoms with Crippen LogP contribution in [0.15, 0.2) is 76.3 Å². The number of anilines is 1. The van der Waals surface area contributed by atoms with Crippen LogP contribution < -0.4 is 20.2 Å². The number of amides is 2. The smallest absolute Gasteiger partial charge is 0.271 e. The maximum Gasteiger partial charge on any atom is 0.271 e. The zero-order valence-corrected chi connectivity index (χ0v) is 19.2. The molecule has 0 spiro atoms. The van der Waals surface area contributed by atoms with Gasteiger partial charge in [-0.2, -0.15) is 5.10 Å². The molecule has 3 aromatic carbocycles. The topological polar surface area (TPSA) is 89.0 Å². The molecule has 0 radical (unpaired) electrons. The number of hydrogen-bond donors (Lipinski definition) is 2. The molecule has 0 saturated carbocycles. The first-order chi connectivity index (χ1) is 15.4. The van der Waals surface area contributed by atoms with Crippen LogP contribution in [0.25, 0.3) is 0 Å². The van der Waals surface area contributed by atoms with Crippen LogP contribution in [0.5, 0.6) is 11.5 Å². The molecule has 0 aliphatic rings. The summed E-state index contributed by atoms with van der Waals surface area (Å²) in [6.07, 6.45) is 1.49. The zero-order valence-electron chi connectivity index (χ0n) is 17.6. The fourth-order valence-electron chi connectivity index (χ4n) is 2.69. The van der Waals surface area contributed by atoms with E-state index in [0.29, 0.717) is 28.3 Å². The highest BCUT2D eigenvalue weighted by molar-refractivity contribution is 9.10. The molecule has 0 aliphatic heterocycles. The summed E-state index contributed by atoms with van der Waals surface area (Å²) >= 11 is 3.33. The maximum atomic E-state index is 12.1. The normalized spacial score (nSPS) is 10.6. The molecule has 0 heterocycles. The molecule has 0 saturated heterocycles. The van der Waals surface area contributed by atoms with Gasteiger partial charge in [-0.15, -0.1) is 0 Å². The molecule has 3 rings (SSSR count). The lowest BCUT2D eigenvalue weighted by atomic mass is 10.2. The SMILES string of the molecule is COc1cc(/C=N\NC(=O)c2ccc(Br)cc2)ccc1OCC(=O)Nc1ccc(C)cc1. The number of benzene rings is 3. The number of hydrazone groups is 1. The van der Waals surface area contributed by atoms with Gasteiger partial charge in [-0.1, -0.05) is 33.6 Å². The van der Waals surface area contributed by atoms with E-state index in [9.17, 15) is 9.59 Å². The summed E-state index contributed by atoms with van der Waals surface area (Å²) in [6.45, 7) is 1.81. The second-order valence-electron chi connectivity index (χ2n) is 6.82. The lowest BCUT2D eigenvalue weighted by molar-refractivity contribution is -0.118. The summed E-state index contributed by atoms with van der Waals surface area (Å²) < 4.78 is 11.8. The molecule has 8 heteroatoms. The van der Waals surface area contributed by atoms with E-state index in [1.807, 2.05) is 31.2 Å². The quantitative estimate of drug-likeness (QED) is 0.354. The summed E-state index contributed by atoms with van der Waals surface area (Å²) in [7, 11) is 1.50. The second kappa shape index (κ2) is 11.1. The Morgan fingerprint density at radius 1 is 1.00 bits per heavy atom. The number of hydrogen-bond acceptors (Lipinski definition) is 5. The van der Waals surface area contributed by atoms with E-state index in [0.717, 1.165) is 10.0 Å². The highest BCUT2D eigenvalue weighted by Gasteiger charge is 2.09. The molecule has 0 bridgehead atoms. The molecule has 7 nitrogen and oxygen atoms in total. The van der Waals surface area contributed by atoms with E-state index >= 15 is 0 Å². The number of nitrogens with one attached hydrogen (secondary N) is 2. The van der Waals surface area contributed by atoms with Crippen molar-refractivity contribution >= 4 is 39.6 Å². The monoisotopic (exact) mass is 495 g/mol. The van der Waals surface area contributed by atoms with Crippen LogP contribution in [0, 0.1) is 6.92 Å². The number of methoxy groups -OCH3 is 1. The van der Waals surface area contributed by atoms with Gasteiger partial charge >= 0.3 is 0 Å². The minimum absolute atomic E-state index is 0.166. The third-order valence-electron chi connectivity index (χ3n) is 4.37. The average Bonchev–Trinajstić information content (AvgIpc) is 2.80. The van der Waals surface area contributed by atoms with Crippen molar-refractivity contribution in [1.82, 2.24) is 5.43 Å². The van der Waals surface area contributed by atoms with Gasteiger partial charge < -0.3 is 14.8 Å². The molecule has 2 N–H and O–H groups in total. The van der Waals surface area contributed by atoms with Gasteiger partial charge in [-0.3, -0.25) is 9.59 Å². The standard InChI is InChI=1S/C24H22BrN3O4/c1-16-3-10-20(11-4-16)27-23(29)15-32-21-12-5-17(13-22(21)31-2)14-26-28-24(30)18-6-8-19(25)9-7-18/h3-14H,15H2,1-2H3,(H,27,29)(H,28,30)/b26-14-. The fourth-order valence-corrected chi connectivity index (χ4v) is 2.96. The van der Waals surface area contributed by atoms with Gasteiger partial charge in [-0.25, -0.2) is 5.43 Å². The van der Waals surface area contributed by atoms with Crippen molar-refractivity contribution in [3.63, 3.8) is 0 Å². The molecule has 0 unspecified atom stereocenters. The number of ether oxygens (including phenoxy) is 2. The predicted octanol–water partition coefficient (Wildman–Crippen LogP) is 4.55. The Morgan fingerprint density at radius 2 is 1.72 bits per heavy atom. The van der Waals surface area contributed by atoms with Crippen molar-refractivity contribution in [1.29, 1.82) is 0 Å². The van der Waals surface area contributed by atoms with Gasteiger partial charge in [0.25, 0.3) is 11.8 Å². The molecular weight excluding hydrogens is 474 g/mol. The first kappa shape index (κ1) is 23.0. The van der Waals surface area contributed by atoms with Gasteiger partial charge in [-0.05, 0) is 67.1 Å². The van der Waals surface area contributed by atoms with E-state index in [4.69, 9.17) is 9.47 Å². The molecule has 2 amide bonds. The molecule has 0 atom stereocenters. The summed E-state index contributed by atoms with van der Waals surface area (Å²) in [5.41, 5.74) is 5.47. The van der Waals surface area contributed by atoms with E-state index in [1.165, 1.54) is 13.3 Å². The molecule has 0 aliphatic carbocycles. The molecule has 3 aromatic rings. The van der Waals surface area contributed by atoms with Gasteiger partial charge in [0.15, 0.2) is 18.1 Å².